The first kappa shape index (κ1) is 4.38. The minimum atomic E-state index is 0.435. The smallest absolute Gasteiger partial charge is 0.266 e. The summed E-state index contributed by atoms with van der Waals surface area (Å²) in [6, 6.07) is 0. The SMILES string of the molecule is [CH2]C(C)=[N+]=[N-]. The minimum absolute atomic E-state index is 0.435. The number of hydrogen-bond donors (Lipinski definition) is 0. The van der Waals surface area contributed by atoms with Crippen LogP contribution in [0.4, 0.5) is 0 Å². The summed E-state index contributed by atoms with van der Waals surface area (Å²) in [5.41, 5.74) is 8.10. The van der Waals surface area contributed by atoms with Crippen molar-refractivity contribution in [2.45, 2.75) is 6.92 Å². The molecular weight excluding hydrogens is 64.0 g/mol. The van der Waals surface area contributed by atoms with E-state index in [4.69, 9.17) is 5.53 Å². The quantitative estimate of drug-likeness (QED) is 0.226. The second kappa shape index (κ2) is 1.68. The Morgan fingerprint density at radius 3 is 2.20 bits per heavy atom. The zero-order valence-corrected chi connectivity index (χ0v) is 3.10. The Hall–Kier alpha value is -0.620. The van der Waals surface area contributed by atoms with Gasteiger partial charge in [-0.1, -0.05) is 0 Å². The third-order valence-electron chi connectivity index (χ3n) is 0.171. The molecule has 0 fully saturated rings. The van der Waals surface area contributed by atoms with Crippen LogP contribution in [0.5, 0.6) is 0 Å². The Labute approximate surface area is 31.1 Å². The van der Waals surface area contributed by atoms with Crippen molar-refractivity contribution in [2.75, 3.05) is 0 Å². The summed E-state index contributed by atoms with van der Waals surface area (Å²) >= 11 is 0. The number of hydrogen-bond acceptors (Lipinski definition) is 0. The third-order valence-corrected chi connectivity index (χ3v) is 0.171. The van der Waals surface area contributed by atoms with E-state index in [1.54, 1.807) is 6.92 Å². The van der Waals surface area contributed by atoms with Gasteiger partial charge in [-0.05, 0) is 0 Å². The van der Waals surface area contributed by atoms with Crippen LogP contribution in [-0.4, -0.2) is 10.5 Å². The van der Waals surface area contributed by atoms with Crippen LogP contribution < -0.4 is 0 Å². The third kappa shape index (κ3) is 3.38. The van der Waals surface area contributed by atoms with Gasteiger partial charge in [-0.15, -0.1) is 0 Å². The molecule has 0 aromatic heterocycles. The highest BCUT2D eigenvalue weighted by Crippen LogP contribution is 1.51. The van der Waals surface area contributed by atoms with Crippen LogP contribution in [0.3, 0.4) is 0 Å². The molecule has 0 spiro atoms. The fourth-order valence-corrected chi connectivity index (χ4v) is 0. The van der Waals surface area contributed by atoms with E-state index in [1.807, 2.05) is 0 Å². The van der Waals surface area contributed by atoms with Crippen LogP contribution in [0, 0.1) is 6.92 Å². The van der Waals surface area contributed by atoms with Crippen LogP contribution in [0.15, 0.2) is 0 Å². The highest BCUT2D eigenvalue weighted by atomic mass is 14.8. The van der Waals surface area contributed by atoms with Crippen molar-refractivity contribution in [3.63, 3.8) is 0 Å². The Bertz CT molecular complexity index is 65.0. The summed E-state index contributed by atoms with van der Waals surface area (Å²) < 4.78 is 0. The van der Waals surface area contributed by atoms with Gasteiger partial charge in [0.05, 0.1) is 6.92 Å². The molecule has 0 aromatic rings. The van der Waals surface area contributed by atoms with Gasteiger partial charge < -0.3 is 5.53 Å². The maximum absolute atomic E-state index is 7.67. The topological polar surface area (TPSA) is 36.4 Å². The van der Waals surface area contributed by atoms with Gasteiger partial charge in [0.2, 0.25) is 0 Å². The monoisotopic (exact) mass is 69.0 g/mol. The van der Waals surface area contributed by atoms with E-state index in [0.717, 1.165) is 0 Å². The van der Waals surface area contributed by atoms with Crippen LogP contribution >= 0.6 is 0 Å². The van der Waals surface area contributed by atoms with Gasteiger partial charge in [0.15, 0.2) is 0 Å². The summed E-state index contributed by atoms with van der Waals surface area (Å²) in [6.07, 6.45) is 0. The second-order valence-corrected chi connectivity index (χ2v) is 0.835. The van der Waals surface area contributed by atoms with Gasteiger partial charge in [-0.3, -0.25) is 0 Å². The van der Waals surface area contributed by atoms with Crippen molar-refractivity contribution >= 4 is 5.71 Å². The van der Waals surface area contributed by atoms with Gasteiger partial charge in [-0.2, -0.15) is 4.79 Å². The average molecular weight is 69.1 g/mol. The molecule has 0 unspecified atom stereocenters. The Morgan fingerprint density at radius 1 is 2.00 bits per heavy atom. The number of rotatable bonds is 0. The maximum atomic E-state index is 7.67. The molecule has 0 aliphatic rings. The average Bonchev–Trinajstić information content (AvgIpc) is 1.38. The van der Waals surface area contributed by atoms with Crippen molar-refractivity contribution in [3.05, 3.63) is 12.5 Å². The fraction of sp³-hybridized carbons (Fsp3) is 0.333. The molecule has 0 bridgehead atoms. The lowest BCUT2D eigenvalue weighted by molar-refractivity contribution is -0.00417. The summed E-state index contributed by atoms with van der Waals surface area (Å²) in [5, 5.41) is 0. The Kier molecular flexibility index (Phi) is 1.47. The first-order valence-electron chi connectivity index (χ1n) is 1.28. The molecule has 0 saturated heterocycles. The Morgan fingerprint density at radius 2 is 2.20 bits per heavy atom. The second-order valence-electron chi connectivity index (χ2n) is 0.835. The van der Waals surface area contributed by atoms with Crippen molar-refractivity contribution in [3.8, 4) is 0 Å². The van der Waals surface area contributed by atoms with E-state index >= 15 is 0 Å². The zero-order valence-electron chi connectivity index (χ0n) is 3.10. The molecule has 5 heavy (non-hydrogen) atoms. The van der Waals surface area contributed by atoms with Gasteiger partial charge in [-0.25, -0.2) is 0 Å². The molecule has 27 valence electrons. The summed E-state index contributed by atoms with van der Waals surface area (Å²) in [6.45, 7) is 4.87. The van der Waals surface area contributed by atoms with Gasteiger partial charge in [0.25, 0.3) is 5.71 Å². The predicted octanol–water partition coefficient (Wildman–Crippen LogP) is 0.511. The highest BCUT2D eigenvalue weighted by Gasteiger charge is 1.74. The van der Waals surface area contributed by atoms with Crippen molar-refractivity contribution in [2.24, 2.45) is 0 Å². The van der Waals surface area contributed by atoms with E-state index in [1.165, 1.54) is 0 Å². The van der Waals surface area contributed by atoms with Crippen molar-refractivity contribution < 1.29 is 4.79 Å². The predicted molar refractivity (Wildman–Crippen MR) is 19.7 cm³/mol. The standard InChI is InChI=1S/C3H5N2/c1-3(2)5-4/h1H2,2H3. The van der Waals surface area contributed by atoms with Crippen molar-refractivity contribution in [1.29, 1.82) is 0 Å². The van der Waals surface area contributed by atoms with Gasteiger partial charge in [0, 0.05) is 6.92 Å². The molecule has 0 atom stereocenters. The molecule has 0 aliphatic carbocycles. The van der Waals surface area contributed by atoms with Crippen molar-refractivity contribution in [1.82, 2.24) is 0 Å². The first-order valence-corrected chi connectivity index (χ1v) is 1.28. The molecule has 2 heteroatoms. The molecule has 0 rings (SSSR count). The van der Waals surface area contributed by atoms with Crippen LogP contribution in [0.1, 0.15) is 6.92 Å². The molecule has 0 saturated carbocycles. The van der Waals surface area contributed by atoms with E-state index in [-0.39, 0.29) is 0 Å². The fourth-order valence-electron chi connectivity index (χ4n) is 0. The molecule has 0 aliphatic heterocycles. The summed E-state index contributed by atoms with van der Waals surface area (Å²) in [7, 11) is 0. The van der Waals surface area contributed by atoms with Crippen LogP contribution in [-0.2, 0) is 0 Å². The van der Waals surface area contributed by atoms with E-state index in [9.17, 15) is 0 Å². The molecule has 0 N–H and O–H groups in total. The molecule has 0 amide bonds. The van der Waals surface area contributed by atoms with Crippen LogP contribution in [0.2, 0.25) is 0 Å². The minimum Gasteiger partial charge on any atom is -0.362 e. The Balaban J connectivity index is 3.60. The zero-order chi connectivity index (χ0) is 4.28. The van der Waals surface area contributed by atoms with E-state index in [2.05, 4.69) is 11.7 Å². The van der Waals surface area contributed by atoms with E-state index < -0.39 is 0 Å². The lowest BCUT2D eigenvalue weighted by Gasteiger charge is -1.53. The normalized spacial score (nSPS) is 6.00. The van der Waals surface area contributed by atoms with E-state index in [0.29, 0.717) is 5.71 Å². The molecule has 0 aromatic carbocycles. The number of nitrogens with zero attached hydrogens (tertiary/aromatic N) is 2. The molecule has 1 radical (unpaired) electrons. The van der Waals surface area contributed by atoms with Gasteiger partial charge >= 0.3 is 0 Å². The summed E-state index contributed by atoms with van der Waals surface area (Å²) in [4.78, 5) is 2.69. The molecule has 0 heterocycles. The lowest BCUT2D eigenvalue weighted by atomic mass is 10.5. The maximum Gasteiger partial charge on any atom is 0.266 e. The molecule has 2 nitrogen and oxygen atoms in total. The largest absolute Gasteiger partial charge is 0.362 e. The summed E-state index contributed by atoms with van der Waals surface area (Å²) in [5.74, 6) is 0. The van der Waals surface area contributed by atoms with Gasteiger partial charge in [0.1, 0.15) is 0 Å². The van der Waals surface area contributed by atoms with Crippen LogP contribution in [0.25, 0.3) is 5.53 Å². The lowest BCUT2D eigenvalue weighted by Crippen LogP contribution is -1.76. The molecular formula is C3H5N2. The first-order chi connectivity index (χ1) is 2.27. The highest BCUT2D eigenvalue weighted by molar-refractivity contribution is 5.80.